The summed E-state index contributed by atoms with van der Waals surface area (Å²) in [5.41, 5.74) is 0. The molecule has 2 aliphatic heterocycles. The highest BCUT2D eigenvalue weighted by molar-refractivity contribution is 9.11. The third kappa shape index (κ3) is 3.11. The van der Waals surface area contributed by atoms with Crippen LogP contribution in [0.25, 0.3) is 0 Å². The molecule has 20 heavy (non-hydrogen) atoms. The molecule has 4 nitrogen and oxygen atoms in total. The molecule has 110 valence electrons. The number of halogens is 2. The van der Waals surface area contributed by atoms with Crippen molar-refractivity contribution >= 4 is 41.9 Å². The van der Waals surface area contributed by atoms with Crippen molar-refractivity contribution in [3.8, 4) is 0 Å². The van der Waals surface area contributed by atoms with Gasteiger partial charge in [0.25, 0.3) is 0 Å². The number of fused-ring (bicyclic) bond motifs is 2. The van der Waals surface area contributed by atoms with E-state index in [9.17, 15) is 8.42 Å². The van der Waals surface area contributed by atoms with Crippen LogP contribution in [0.15, 0.2) is 32.0 Å². The molecule has 2 saturated heterocycles. The first-order valence-corrected chi connectivity index (χ1v) is 9.74. The quantitative estimate of drug-likeness (QED) is 0.785. The van der Waals surface area contributed by atoms with E-state index in [1.54, 1.807) is 12.1 Å². The monoisotopic (exact) mass is 422 g/mol. The Morgan fingerprint density at radius 1 is 1.15 bits per heavy atom. The van der Waals surface area contributed by atoms with Crippen molar-refractivity contribution in [2.75, 3.05) is 0 Å². The largest absolute Gasteiger partial charge is 0.311 e. The van der Waals surface area contributed by atoms with Gasteiger partial charge in [0.2, 0.25) is 10.0 Å². The van der Waals surface area contributed by atoms with Gasteiger partial charge in [-0.1, -0.05) is 15.9 Å². The third-order valence-corrected chi connectivity index (χ3v) is 6.99. The number of hydrogen-bond donors (Lipinski definition) is 2. The van der Waals surface area contributed by atoms with Crippen molar-refractivity contribution in [3.05, 3.63) is 27.1 Å². The fourth-order valence-electron chi connectivity index (χ4n) is 3.12. The van der Waals surface area contributed by atoms with Crippen LogP contribution >= 0.6 is 31.9 Å². The molecule has 3 rings (SSSR count). The summed E-state index contributed by atoms with van der Waals surface area (Å²) in [5, 5.41) is 3.51. The van der Waals surface area contributed by atoms with E-state index in [1.807, 2.05) is 6.07 Å². The molecule has 2 N–H and O–H groups in total. The molecule has 2 heterocycles. The fourth-order valence-corrected chi connectivity index (χ4v) is 5.88. The maximum absolute atomic E-state index is 12.5. The summed E-state index contributed by atoms with van der Waals surface area (Å²) in [6.07, 6.45) is 4.07. The lowest BCUT2D eigenvalue weighted by Crippen LogP contribution is -2.47. The van der Waals surface area contributed by atoms with Gasteiger partial charge in [-0.05, 0) is 59.8 Å². The Balaban J connectivity index is 1.80. The molecule has 0 aliphatic carbocycles. The molecule has 1 aromatic rings. The molecule has 1 aromatic carbocycles. The Kier molecular flexibility index (Phi) is 4.25. The van der Waals surface area contributed by atoms with E-state index in [4.69, 9.17) is 0 Å². The van der Waals surface area contributed by atoms with E-state index >= 15 is 0 Å². The molecule has 0 aromatic heterocycles. The number of rotatable bonds is 3. The van der Waals surface area contributed by atoms with E-state index in [0.29, 0.717) is 16.6 Å². The van der Waals surface area contributed by atoms with Gasteiger partial charge in [-0.3, -0.25) is 0 Å². The smallest absolute Gasteiger partial charge is 0.241 e. The molecule has 0 amide bonds. The Hall–Kier alpha value is 0.0500. The summed E-state index contributed by atoms with van der Waals surface area (Å²) in [5.74, 6) is 0. The van der Waals surface area contributed by atoms with Crippen molar-refractivity contribution in [2.45, 2.75) is 48.7 Å². The van der Waals surface area contributed by atoms with Crippen LogP contribution in [0.2, 0.25) is 0 Å². The summed E-state index contributed by atoms with van der Waals surface area (Å²) in [6.45, 7) is 0. The second-order valence-corrected chi connectivity index (χ2v) is 8.95. The minimum absolute atomic E-state index is 0.0321. The van der Waals surface area contributed by atoms with Gasteiger partial charge >= 0.3 is 0 Å². The summed E-state index contributed by atoms with van der Waals surface area (Å²) >= 11 is 6.63. The molecule has 2 bridgehead atoms. The Labute approximate surface area is 136 Å². The van der Waals surface area contributed by atoms with Gasteiger partial charge in [-0.15, -0.1) is 0 Å². The molecular weight excluding hydrogens is 408 g/mol. The van der Waals surface area contributed by atoms with Gasteiger partial charge in [-0.25, -0.2) is 13.1 Å². The molecule has 2 fully saturated rings. The van der Waals surface area contributed by atoms with Crippen molar-refractivity contribution in [2.24, 2.45) is 0 Å². The number of hydrogen-bond acceptors (Lipinski definition) is 3. The van der Waals surface area contributed by atoms with Crippen LogP contribution < -0.4 is 10.0 Å². The lowest BCUT2D eigenvalue weighted by atomic mass is 10.0. The van der Waals surface area contributed by atoms with E-state index in [2.05, 4.69) is 41.9 Å². The average Bonchev–Trinajstić information content (AvgIpc) is 2.71. The molecule has 7 heteroatoms. The molecule has 0 saturated carbocycles. The van der Waals surface area contributed by atoms with E-state index in [1.165, 1.54) is 0 Å². The van der Waals surface area contributed by atoms with Gasteiger partial charge in [-0.2, -0.15) is 0 Å². The SMILES string of the molecule is O=S(=O)(NC1CC2CCC(C1)N2)c1cc(Br)ccc1Br. The maximum Gasteiger partial charge on any atom is 0.241 e. The van der Waals surface area contributed by atoms with Crippen molar-refractivity contribution in [3.63, 3.8) is 0 Å². The Morgan fingerprint density at radius 3 is 2.45 bits per heavy atom. The Morgan fingerprint density at radius 2 is 1.80 bits per heavy atom. The molecular formula is C13H16Br2N2O2S. The fraction of sp³-hybridized carbons (Fsp3) is 0.538. The zero-order chi connectivity index (χ0) is 14.3. The summed E-state index contributed by atoms with van der Waals surface area (Å²) in [6, 6.07) is 6.14. The van der Waals surface area contributed by atoms with Gasteiger partial charge in [0, 0.05) is 27.1 Å². The zero-order valence-corrected chi connectivity index (χ0v) is 14.8. The predicted molar refractivity (Wildman–Crippen MR) is 85.1 cm³/mol. The highest BCUT2D eigenvalue weighted by atomic mass is 79.9. The van der Waals surface area contributed by atoms with Crippen LogP contribution in [0.1, 0.15) is 25.7 Å². The van der Waals surface area contributed by atoms with Crippen LogP contribution in [-0.2, 0) is 10.0 Å². The second-order valence-electron chi connectivity index (χ2n) is 5.50. The highest BCUT2D eigenvalue weighted by Crippen LogP contribution is 2.30. The first-order valence-electron chi connectivity index (χ1n) is 6.67. The van der Waals surface area contributed by atoms with Gasteiger partial charge in [0.1, 0.15) is 0 Å². The second kappa shape index (κ2) is 5.68. The summed E-state index contributed by atoms with van der Waals surface area (Å²) in [4.78, 5) is 0.290. The lowest BCUT2D eigenvalue weighted by molar-refractivity contribution is 0.345. The first-order chi connectivity index (χ1) is 9.44. The normalized spacial score (nSPS) is 29.6. The van der Waals surface area contributed by atoms with Crippen LogP contribution in [0.3, 0.4) is 0 Å². The number of nitrogens with one attached hydrogen (secondary N) is 2. The zero-order valence-electron chi connectivity index (χ0n) is 10.8. The average molecular weight is 424 g/mol. The van der Waals surface area contributed by atoms with Crippen LogP contribution in [0.4, 0.5) is 0 Å². The number of piperidine rings is 1. The van der Waals surface area contributed by atoms with Crippen molar-refractivity contribution in [1.29, 1.82) is 0 Å². The van der Waals surface area contributed by atoms with Gasteiger partial charge < -0.3 is 5.32 Å². The van der Waals surface area contributed by atoms with Gasteiger partial charge in [0.15, 0.2) is 0 Å². The third-order valence-electron chi connectivity index (χ3n) is 3.98. The summed E-state index contributed by atoms with van der Waals surface area (Å²) < 4.78 is 29.3. The van der Waals surface area contributed by atoms with Crippen LogP contribution in [0.5, 0.6) is 0 Å². The summed E-state index contributed by atoms with van der Waals surface area (Å²) in [7, 11) is -3.49. The number of benzene rings is 1. The standard InChI is InChI=1S/C13H16Br2N2O2S/c14-8-1-4-12(15)13(5-8)20(18,19)17-11-6-9-2-3-10(7-11)16-9/h1,4-5,9-11,16-17H,2-3,6-7H2. The predicted octanol–water partition coefficient (Wildman–Crippen LogP) is 2.77. The van der Waals surface area contributed by atoms with Crippen LogP contribution in [-0.4, -0.2) is 26.5 Å². The molecule has 0 spiro atoms. The molecule has 2 unspecified atom stereocenters. The Bertz CT molecular complexity index is 609. The topological polar surface area (TPSA) is 58.2 Å². The lowest BCUT2D eigenvalue weighted by Gasteiger charge is -2.29. The molecule has 2 atom stereocenters. The first kappa shape index (κ1) is 15.0. The van der Waals surface area contributed by atoms with Crippen molar-refractivity contribution in [1.82, 2.24) is 10.0 Å². The highest BCUT2D eigenvalue weighted by Gasteiger charge is 2.35. The minimum atomic E-state index is -3.49. The van der Waals surface area contributed by atoms with Gasteiger partial charge in [0.05, 0.1) is 4.90 Å². The minimum Gasteiger partial charge on any atom is -0.311 e. The molecule has 0 radical (unpaired) electrons. The molecule has 2 aliphatic rings. The van der Waals surface area contributed by atoms with Crippen molar-refractivity contribution < 1.29 is 8.42 Å². The maximum atomic E-state index is 12.5. The van der Waals surface area contributed by atoms with E-state index in [0.717, 1.165) is 30.2 Å². The van der Waals surface area contributed by atoms with E-state index in [-0.39, 0.29) is 10.9 Å². The van der Waals surface area contributed by atoms with E-state index < -0.39 is 10.0 Å². The van der Waals surface area contributed by atoms with Crippen LogP contribution in [0, 0.1) is 0 Å². The number of sulfonamides is 1.